The Morgan fingerprint density at radius 2 is 1.60 bits per heavy atom. The summed E-state index contributed by atoms with van der Waals surface area (Å²) in [7, 11) is 1.86. The second kappa shape index (κ2) is 2.86. The van der Waals surface area contributed by atoms with Gasteiger partial charge in [0.15, 0.2) is 0 Å². The fourth-order valence-electron chi connectivity index (χ4n) is 0.979. The van der Waals surface area contributed by atoms with Crippen molar-refractivity contribution in [1.29, 1.82) is 0 Å². The van der Waals surface area contributed by atoms with Crippen LogP contribution in [0.2, 0.25) is 0 Å². The number of aryl methyl sites for hydroxylation is 1. The number of hydrogen-bond acceptors (Lipinski definition) is 2. The average Bonchev–Trinajstić information content (AvgIpc) is 2.30. The van der Waals surface area contributed by atoms with Crippen molar-refractivity contribution in [2.24, 2.45) is 7.05 Å². The first-order valence-corrected chi connectivity index (χ1v) is 3.13. The van der Waals surface area contributed by atoms with Crippen LogP contribution >= 0.6 is 0 Å². The Morgan fingerprint density at radius 3 is 1.90 bits per heavy atom. The molecule has 56 valence electrons. The number of hydrogen-bond donors (Lipinski definition) is 2. The van der Waals surface area contributed by atoms with Crippen molar-refractivity contribution in [3.05, 3.63) is 23.5 Å². The second-order valence-corrected chi connectivity index (χ2v) is 2.29. The van der Waals surface area contributed by atoms with Gasteiger partial charge in [0.2, 0.25) is 0 Å². The lowest BCUT2D eigenvalue weighted by atomic mass is 10.2. The minimum Gasteiger partial charge on any atom is -0.392 e. The Balaban J connectivity index is 2.96. The van der Waals surface area contributed by atoms with Crippen LogP contribution in [0.5, 0.6) is 0 Å². The molecule has 2 N–H and O–H groups in total. The van der Waals surface area contributed by atoms with Gasteiger partial charge < -0.3 is 14.8 Å². The van der Waals surface area contributed by atoms with Crippen LogP contribution in [0.3, 0.4) is 0 Å². The molecule has 0 atom stereocenters. The number of aromatic nitrogens is 1. The molecule has 3 nitrogen and oxygen atoms in total. The van der Waals surface area contributed by atoms with Crippen molar-refractivity contribution in [2.75, 3.05) is 0 Å². The fraction of sp³-hybridized carbons (Fsp3) is 0.429. The largest absolute Gasteiger partial charge is 0.392 e. The molecular formula is C7H11NO2. The van der Waals surface area contributed by atoms with Crippen molar-refractivity contribution in [3.63, 3.8) is 0 Å². The van der Waals surface area contributed by atoms with Gasteiger partial charge in [0.25, 0.3) is 0 Å². The van der Waals surface area contributed by atoms with Crippen molar-refractivity contribution in [1.82, 2.24) is 4.57 Å². The zero-order chi connectivity index (χ0) is 7.56. The summed E-state index contributed by atoms with van der Waals surface area (Å²) >= 11 is 0. The van der Waals surface area contributed by atoms with Crippen molar-refractivity contribution in [3.8, 4) is 0 Å². The van der Waals surface area contributed by atoms with E-state index in [0.29, 0.717) is 0 Å². The van der Waals surface area contributed by atoms with E-state index in [1.54, 1.807) is 12.4 Å². The minimum atomic E-state index is -0.00324. The highest BCUT2D eigenvalue weighted by Gasteiger charge is 2.01. The van der Waals surface area contributed by atoms with Gasteiger partial charge in [-0.25, -0.2) is 0 Å². The van der Waals surface area contributed by atoms with Crippen molar-refractivity contribution in [2.45, 2.75) is 13.2 Å². The average molecular weight is 141 g/mol. The van der Waals surface area contributed by atoms with E-state index < -0.39 is 0 Å². The van der Waals surface area contributed by atoms with E-state index in [-0.39, 0.29) is 13.2 Å². The summed E-state index contributed by atoms with van der Waals surface area (Å²) in [5.41, 5.74) is 1.59. The van der Waals surface area contributed by atoms with E-state index in [4.69, 9.17) is 10.2 Å². The molecule has 0 fully saturated rings. The first kappa shape index (κ1) is 7.31. The molecule has 0 saturated carbocycles. The molecule has 0 unspecified atom stereocenters. The third-order valence-corrected chi connectivity index (χ3v) is 1.47. The summed E-state index contributed by atoms with van der Waals surface area (Å²) in [4.78, 5) is 0. The van der Waals surface area contributed by atoms with Crippen LogP contribution in [0.15, 0.2) is 12.4 Å². The number of rotatable bonds is 2. The van der Waals surface area contributed by atoms with Gasteiger partial charge in [-0.15, -0.1) is 0 Å². The quantitative estimate of drug-likeness (QED) is 0.609. The highest BCUT2D eigenvalue weighted by atomic mass is 16.3. The van der Waals surface area contributed by atoms with E-state index in [9.17, 15) is 0 Å². The molecule has 0 aliphatic heterocycles. The van der Waals surface area contributed by atoms with Crippen LogP contribution in [-0.4, -0.2) is 14.8 Å². The van der Waals surface area contributed by atoms with E-state index in [1.165, 1.54) is 0 Å². The fourth-order valence-corrected chi connectivity index (χ4v) is 0.979. The van der Waals surface area contributed by atoms with Gasteiger partial charge in [0.1, 0.15) is 0 Å². The van der Waals surface area contributed by atoms with Crippen LogP contribution in [-0.2, 0) is 20.3 Å². The molecule has 0 aromatic carbocycles. The Labute approximate surface area is 59.5 Å². The molecule has 0 aliphatic rings. The Kier molecular flexibility index (Phi) is 2.09. The zero-order valence-electron chi connectivity index (χ0n) is 5.91. The third-order valence-electron chi connectivity index (χ3n) is 1.47. The van der Waals surface area contributed by atoms with Crippen molar-refractivity contribution >= 4 is 0 Å². The van der Waals surface area contributed by atoms with Crippen LogP contribution in [0.1, 0.15) is 11.1 Å². The Morgan fingerprint density at radius 1 is 1.20 bits per heavy atom. The standard InChI is InChI=1S/C7H11NO2/c1-8-2-6(4-9)7(3-8)5-10/h2-3,9-10H,4-5H2,1H3. The van der Waals surface area contributed by atoms with Crippen molar-refractivity contribution < 1.29 is 10.2 Å². The molecule has 1 aromatic heterocycles. The van der Waals surface area contributed by atoms with Gasteiger partial charge in [0, 0.05) is 30.6 Å². The molecule has 0 amide bonds. The van der Waals surface area contributed by atoms with Gasteiger partial charge in [-0.2, -0.15) is 0 Å². The summed E-state index contributed by atoms with van der Waals surface area (Å²) in [5, 5.41) is 17.5. The van der Waals surface area contributed by atoms with Gasteiger partial charge in [-0.1, -0.05) is 0 Å². The monoisotopic (exact) mass is 141 g/mol. The highest BCUT2D eigenvalue weighted by molar-refractivity contribution is 5.22. The van der Waals surface area contributed by atoms with Gasteiger partial charge >= 0.3 is 0 Å². The first-order chi connectivity index (χ1) is 4.77. The Hall–Kier alpha value is -0.800. The molecule has 0 radical (unpaired) electrons. The van der Waals surface area contributed by atoms with E-state index in [1.807, 2.05) is 11.6 Å². The molecule has 0 saturated heterocycles. The first-order valence-electron chi connectivity index (χ1n) is 3.13. The maximum Gasteiger partial charge on any atom is 0.0700 e. The predicted octanol–water partition coefficient (Wildman–Crippen LogP) is 0.00970. The zero-order valence-corrected chi connectivity index (χ0v) is 5.91. The SMILES string of the molecule is Cn1cc(CO)c(CO)c1. The molecular weight excluding hydrogens is 130 g/mol. The minimum absolute atomic E-state index is 0.00324. The molecule has 1 heterocycles. The topological polar surface area (TPSA) is 45.4 Å². The summed E-state index contributed by atoms with van der Waals surface area (Å²) in [5.74, 6) is 0. The molecule has 0 bridgehead atoms. The maximum atomic E-state index is 8.74. The van der Waals surface area contributed by atoms with E-state index in [0.717, 1.165) is 11.1 Å². The number of nitrogens with zero attached hydrogens (tertiary/aromatic N) is 1. The molecule has 1 rings (SSSR count). The summed E-state index contributed by atoms with van der Waals surface area (Å²) < 4.78 is 1.82. The highest BCUT2D eigenvalue weighted by Crippen LogP contribution is 2.08. The number of aliphatic hydroxyl groups excluding tert-OH is 2. The molecule has 0 spiro atoms. The lowest BCUT2D eigenvalue weighted by Gasteiger charge is -1.91. The lowest BCUT2D eigenvalue weighted by Crippen LogP contribution is -1.86. The van der Waals surface area contributed by atoms with Gasteiger partial charge in [-0.05, 0) is 0 Å². The van der Waals surface area contributed by atoms with E-state index >= 15 is 0 Å². The second-order valence-electron chi connectivity index (χ2n) is 2.29. The molecule has 10 heavy (non-hydrogen) atoms. The smallest absolute Gasteiger partial charge is 0.0700 e. The maximum absolute atomic E-state index is 8.74. The molecule has 1 aromatic rings. The van der Waals surface area contributed by atoms with Crippen LogP contribution in [0, 0.1) is 0 Å². The van der Waals surface area contributed by atoms with Crippen LogP contribution in [0.4, 0.5) is 0 Å². The summed E-state index contributed by atoms with van der Waals surface area (Å²) in [6, 6.07) is 0. The van der Waals surface area contributed by atoms with Crippen LogP contribution in [0.25, 0.3) is 0 Å². The van der Waals surface area contributed by atoms with E-state index in [2.05, 4.69) is 0 Å². The van der Waals surface area contributed by atoms with Gasteiger partial charge in [0.05, 0.1) is 13.2 Å². The molecule has 3 heteroatoms. The normalized spacial score (nSPS) is 10.3. The predicted molar refractivity (Wildman–Crippen MR) is 37.3 cm³/mol. The lowest BCUT2D eigenvalue weighted by molar-refractivity contribution is 0.261. The molecule has 0 aliphatic carbocycles. The summed E-state index contributed by atoms with van der Waals surface area (Å²) in [6.07, 6.45) is 3.59. The third kappa shape index (κ3) is 1.20. The summed E-state index contributed by atoms with van der Waals surface area (Å²) in [6.45, 7) is -0.00648. The van der Waals surface area contributed by atoms with Crippen LogP contribution < -0.4 is 0 Å². The Bertz CT molecular complexity index is 196. The number of aliphatic hydroxyl groups is 2. The van der Waals surface area contributed by atoms with Gasteiger partial charge in [-0.3, -0.25) is 0 Å².